The van der Waals surface area contributed by atoms with Gasteiger partial charge in [-0.05, 0) is 42.7 Å². The Hall–Kier alpha value is -2.49. The van der Waals surface area contributed by atoms with Crippen LogP contribution in [-0.4, -0.2) is 20.1 Å². The number of methoxy groups -OCH3 is 2. The first-order valence-electron chi connectivity index (χ1n) is 7.57. The summed E-state index contributed by atoms with van der Waals surface area (Å²) in [5.41, 5.74) is 4.27. The summed E-state index contributed by atoms with van der Waals surface area (Å²) in [6.07, 6.45) is 0.382. The van der Waals surface area contributed by atoms with Crippen molar-refractivity contribution in [2.24, 2.45) is 0 Å². The lowest BCUT2D eigenvalue weighted by molar-refractivity contribution is -0.120. The van der Waals surface area contributed by atoms with E-state index in [9.17, 15) is 4.79 Å². The predicted molar refractivity (Wildman–Crippen MR) is 91.0 cm³/mol. The fraction of sp³-hybridized carbons (Fsp3) is 0.316. The van der Waals surface area contributed by atoms with Crippen molar-refractivity contribution < 1.29 is 14.3 Å². The average molecular weight is 313 g/mol. The highest BCUT2D eigenvalue weighted by atomic mass is 16.5. The molecular weight excluding hydrogens is 290 g/mol. The Morgan fingerprint density at radius 3 is 2.22 bits per heavy atom. The second-order valence-electron chi connectivity index (χ2n) is 5.57. The van der Waals surface area contributed by atoms with Gasteiger partial charge in [0.25, 0.3) is 0 Å². The van der Waals surface area contributed by atoms with Gasteiger partial charge in [0, 0.05) is 6.54 Å². The Kier molecular flexibility index (Phi) is 5.63. The van der Waals surface area contributed by atoms with Crippen molar-refractivity contribution in [2.75, 3.05) is 14.2 Å². The Labute approximate surface area is 137 Å². The molecule has 0 aliphatic rings. The molecule has 0 fully saturated rings. The highest BCUT2D eigenvalue weighted by Gasteiger charge is 2.10. The van der Waals surface area contributed by atoms with Gasteiger partial charge in [-0.15, -0.1) is 0 Å². The van der Waals surface area contributed by atoms with E-state index in [0.29, 0.717) is 24.5 Å². The molecule has 122 valence electrons. The summed E-state index contributed by atoms with van der Waals surface area (Å²) in [5, 5.41) is 2.96. The van der Waals surface area contributed by atoms with Crippen molar-refractivity contribution in [1.82, 2.24) is 5.32 Å². The molecule has 0 saturated carbocycles. The zero-order chi connectivity index (χ0) is 16.8. The first kappa shape index (κ1) is 16.9. The van der Waals surface area contributed by atoms with Crippen molar-refractivity contribution >= 4 is 5.91 Å². The normalized spacial score (nSPS) is 10.3. The van der Waals surface area contributed by atoms with Gasteiger partial charge in [0.15, 0.2) is 11.5 Å². The maximum absolute atomic E-state index is 12.1. The molecule has 0 radical (unpaired) electrons. The van der Waals surface area contributed by atoms with Crippen molar-refractivity contribution in [3.8, 4) is 11.5 Å². The highest BCUT2D eigenvalue weighted by molar-refractivity contribution is 5.78. The molecule has 0 unspecified atom stereocenters. The van der Waals surface area contributed by atoms with Crippen LogP contribution in [0, 0.1) is 13.8 Å². The summed E-state index contributed by atoms with van der Waals surface area (Å²) in [4.78, 5) is 12.1. The Morgan fingerprint density at radius 2 is 1.61 bits per heavy atom. The van der Waals surface area contributed by atoms with Gasteiger partial charge in [-0.2, -0.15) is 0 Å². The molecule has 0 heterocycles. The minimum absolute atomic E-state index is 0.00281. The third-order valence-corrected chi connectivity index (χ3v) is 3.80. The molecule has 23 heavy (non-hydrogen) atoms. The molecule has 0 saturated heterocycles. The maximum Gasteiger partial charge on any atom is 0.224 e. The van der Waals surface area contributed by atoms with Gasteiger partial charge >= 0.3 is 0 Å². The molecule has 2 aromatic carbocycles. The van der Waals surface area contributed by atoms with E-state index in [0.717, 1.165) is 16.7 Å². The van der Waals surface area contributed by atoms with E-state index in [1.54, 1.807) is 14.2 Å². The number of ether oxygens (including phenoxy) is 2. The molecule has 0 aliphatic carbocycles. The second kappa shape index (κ2) is 7.68. The maximum atomic E-state index is 12.1. The van der Waals surface area contributed by atoms with E-state index in [2.05, 4.69) is 5.32 Å². The van der Waals surface area contributed by atoms with Gasteiger partial charge in [-0.25, -0.2) is 0 Å². The summed E-state index contributed by atoms with van der Waals surface area (Å²) < 4.78 is 10.6. The lowest BCUT2D eigenvalue weighted by Gasteiger charge is -2.13. The zero-order valence-electron chi connectivity index (χ0n) is 14.1. The summed E-state index contributed by atoms with van der Waals surface area (Å²) in [5.74, 6) is 1.36. The van der Waals surface area contributed by atoms with E-state index in [4.69, 9.17) is 9.47 Å². The van der Waals surface area contributed by atoms with Gasteiger partial charge in [0.2, 0.25) is 5.91 Å². The molecule has 1 N–H and O–H groups in total. The quantitative estimate of drug-likeness (QED) is 0.891. The fourth-order valence-corrected chi connectivity index (χ4v) is 2.36. The number of carbonyl (C=O) groups excluding carboxylic acids is 1. The molecular formula is C19H23NO3. The molecule has 2 aromatic rings. The number of hydrogen-bond acceptors (Lipinski definition) is 3. The Balaban J connectivity index is 1.99. The lowest BCUT2D eigenvalue weighted by atomic mass is 10.1. The van der Waals surface area contributed by atoms with Crippen molar-refractivity contribution in [3.63, 3.8) is 0 Å². The minimum atomic E-state index is 0.00281. The Bertz CT molecular complexity index is 678. The van der Waals surface area contributed by atoms with Crippen LogP contribution in [0.5, 0.6) is 11.5 Å². The number of hydrogen-bond donors (Lipinski definition) is 1. The van der Waals surface area contributed by atoms with Gasteiger partial charge in [0.1, 0.15) is 0 Å². The molecule has 0 atom stereocenters. The summed E-state index contributed by atoms with van der Waals surface area (Å²) >= 11 is 0. The number of benzene rings is 2. The third kappa shape index (κ3) is 4.49. The van der Waals surface area contributed by atoms with Crippen LogP contribution in [0.1, 0.15) is 22.3 Å². The molecule has 2 rings (SSSR count). The van der Waals surface area contributed by atoms with Crippen LogP contribution in [0.4, 0.5) is 0 Å². The van der Waals surface area contributed by atoms with Crippen LogP contribution in [0.25, 0.3) is 0 Å². The number of rotatable bonds is 6. The van der Waals surface area contributed by atoms with Gasteiger partial charge in [-0.1, -0.05) is 29.8 Å². The zero-order valence-corrected chi connectivity index (χ0v) is 14.1. The monoisotopic (exact) mass is 313 g/mol. The number of amides is 1. The van der Waals surface area contributed by atoms with E-state index >= 15 is 0 Å². The number of carbonyl (C=O) groups is 1. The molecule has 1 amide bonds. The molecule has 0 aromatic heterocycles. The molecule has 0 bridgehead atoms. The van der Waals surface area contributed by atoms with Crippen molar-refractivity contribution in [3.05, 3.63) is 58.7 Å². The fourth-order valence-electron chi connectivity index (χ4n) is 2.36. The largest absolute Gasteiger partial charge is 0.493 e. The first-order chi connectivity index (χ1) is 11.0. The van der Waals surface area contributed by atoms with Crippen LogP contribution < -0.4 is 14.8 Å². The first-order valence-corrected chi connectivity index (χ1v) is 7.57. The van der Waals surface area contributed by atoms with Crippen LogP contribution in [0.15, 0.2) is 36.4 Å². The Morgan fingerprint density at radius 1 is 1.00 bits per heavy atom. The third-order valence-electron chi connectivity index (χ3n) is 3.80. The van der Waals surface area contributed by atoms with Crippen LogP contribution in [0.2, 0.25) is 0 Å². The van der Waals surface area contributed by atoms with E-state index < -0.39 is 0 Å². The molecule has 0 spiro atoms. The van der Waals surface area contributed by atoms with Crippen LogP contribution >= 0.6 is 0 Å². The van der Waals surface area contributed by atoms with E-state index in [1.807, 2.05) is 50.2 Å². The molecule has 4 heteroatoms. The highest BCUT2D eigenvalue weighted by Crippen LogP contribution is 2.30. The van der Waals surface area contributed by atoms with Gasteiger partial charge < -0.3 is 14.8 Å². The van der Waals surface area contributed by atoms with Gasteiger partial charge in [-0.3, -0.25) is 4.79 Å². The van der Waals surface area contributed by atoms with E-state index in [-0.39, 0.29) is 5.91 Å². The number of nitrogens with one attached hydrogen (secondary N) is 1. The molecule has 0 aliphatic heterocycles. The van der Waals surface area contributed by atoms with E-state index in [1.165, 1.54) is 5.56 Å². The summed E-state index contributed by atoms with van der Waals surface area (Å²) in [7, 11) is 3.22. The topological polar surface area (TPSA) is 47.6 Å². The van der Waals surface area contributed by atoms with Crippen molar-refractivity contribution in [1.29, 1.82) is 0 Å². The smallest absolute Gasteiger partial charge is 0.224 e. The lowest BCUT2D eigenvalue weighted by Crippen LogP contribution is -2.25. The predicted octanol–water partition coefficient (Wildman–Crippen LogP) is 3.18. The van der Waals surface area contributed by atoms with Crippen molar-refractivity contribution in [2.45, 2.75) is 26.8 Å². The summed E-state index contributed by atoms with van der Waals surface area (Å²) in [6, 6.07) is 11.8. The summed E-state index contributed by atoms with van der Waals surface area (Å²) in [6.45, 7) is 4.49. The van der Waals surface area contributed by atoms with Crippen LogP contribution in [-0.2, 0) is 17.8 Å². The standard InChI is InChI=1S/C19H23NO3/c1-13-5-7-15(8-6-13)10-19(21)20-12-16-11-18(23-4)17(22-3)9-14(16)2/h5-9,11H,10,12H2,1-4H3,(H,20,21). The number of aryl methyl sites for hydroxylation is 2. The second-order valence-corrected chi connectivity index (χ2v) is 5.57. The van der Waals surface area contributed by atoms with Crippen LogP contribution in [0.3, 0.4) is 0 Å². The molecule has 4 nitrogen and oxygen atoms in total. The SMILES string of the molecule is COc1cc(C)c(CNC(=O)Cc2ccc(C)cc2)cc1OC. The van der Waals surface area contributed by atoms with Gasteiger partial charge in [0.05, 0.1) is 20.6 Å². The average Bonchev–Trinajstić information content (AvgIpc) is 2.55. The minimum Gasteiger partial charge on any atom is -0.493 e.